The summed E-state index contributed by atoms with van der Waals surface area (Å²) in [6.07, 6.45) is 0. The average molecular weight is 820 g/mol. The quantitative estimate of drug-likeness (QED) is 0.176. The fourth-order valence-corrected chi connectivity index (χ4v) is 11.2. The van der Waals surface area contributed by atoms with Crippen molar-refractivity contribution in [2.24, 2.45) is 0 Å². The third kappa shape index (κ3) is 5.64. The summed E-state index contributed by atoms with van der Waals surface area (Å²) in [5.74, 6) is 0. The van der Waals surface area contributed by atoms with Crippen LogP contribution in [0.4, 0.5) is 17.1 Å². The third-order valence-electron chi connectivity index (χ3n) is 12.9. The van der Waals surface area contributed by atoms with Gasteiger partial charge in [-0.25, -0.2) is 0 Å². The van der Waals surface area contributed by atoms with Gasteiger partial charge in [-0.15, -0.1) is 11.3 Å². The van der Waals surface area contributed by atoms with Crippen LogP contribution in [0.5, 0.6) is 0 Å². The molecule has 0 N–H and O–H groups in total. The van der Waals surface area contributed by atoms with E-state index in [1.165, 1.54) is 74.0 Å². The molecule has 2 heterocycles. The number of nitrogens with zero attached hydrogens (tertiary/aromatic N) is 1. The molecule has 0 aliphatic rings. The van der Waals surface area contributed by atoms with Crippen molar-refractivity contribution in [2.75, 3.05) is 4.90 Å². The van der Waals surface area contributed by atoms with Gasteiger partial charge in [-0.05, 0) is 108 Å². The summed E-state index contributed by atoms with van der Waals surface area (Å²) in [5, 5.41) is 16.9. The van der Waals surface area contributed by atoms with Gasteiger partial charge in [-0.1, -0.05) is 170 Å². The zero-order valence-electron chi connectivity index (χ0n) is 34.1. The Morgan fingerprint density at radius 2 is 0.794 bits per heavy atom. The van der Waals surface area contributed by atoms with Crippen LogP contribution in [0, 0.1) is 0 Å². The minimum absolute atomic E-state index is 0.858. The number of benzene rings is 10. The Kier molecular flexibility index (Phi) is 8.12. The Morgan fingerprint density at radius 1 is 0.302 bits per heavy atom. The van der Waals surface area contributed by atoms with E-state index in [0.29, 0.717) is 0 Å². The molecule has 0 unspecified atom stereocenters. The summed E-state index contributed by atoms with van der Waals surface area (Å²) in [4.78, 5) is 2.42. The molecule has 294 valence electrons. The Bertz CT molecular complexity index is 4050. The molecule has 0 spiro atoms. The second kappa shape index (κ2) is 14.3. The van der Waals surface area contributed by atoms with Gasteiger partial charge in [0.1, 0.15) is 11.2 Å². The lowest BCUT2D eigenvalue weighted by atomic mass is 9.92. The van der Waals surface area contributed by atoms with Crippen molar-refractivity contribution in [1.29, 1.82) is 0 Å². The first-order valence-corrected chi connectivity index (χ1v) is 22.3. The molecular weight excluding hydrogens is 783 g/mol. The largest absolute Gasteiger partial charge is 0.456 e. The normalized spacial score (nSPS) is 11.8. The second-order valence-electron chi connectivity index (χ2n) is 16.3. The molecule has 0 aliphatic heterocycles. The van der Waals surface area contributed by atoms with E-state index in [-0.39, 0.29) is 0 Å². The molecule has 63 heavy (non-hydrogen) atoms. The van der Waals surface area contributed by atoms with Crippen LogP contribution in [0.3, 0.4) is 0 Å². The molecule has 0 atom stereocenters. The van der Waals surface area contributed by atoms with Crippen LogP contribution in [-0.4, -0.2) is 0 Å². The van der Waals surface area contributed by atoms with Gasteiger partial charge in [0, 0.05) is 53.9 Å². The molecule has 0 amide bonds. The molecule has 13 aromatic rings. The summed E-state index contributed by atoms with van der Waals surface area (Å²) < 4.78 is 9.14. The van der Waals surface area contributed by atoms with Gasteiger partial charge >= 0.3 is 0 Å². The van der Waals surface area contributed by atoms with Crippen molar-refractivity contribution in [3.05, 3.63) is 224 Å². The monoisotopic (exact) mass is 819 g/mol. The van der Waals surface area contributed by atoms with Crippen LogP contribution in [-0.2, 0) is 0 Å². The molecule has 0 saturated heterocycles. The molecule has 3 heteroatoms. The Balaban J connectivity index is 1.23. The minimum Gasteiger partial charge on any atom is -0.456 e. The Hall–Kier alpha value is -7.98. The van der Waals surface area contributed by atoms with Crippen molar-refractivity contribution >= 4 is 124 Å². The molecule has 0 saturated carbocycles. The number of hydrogen-bond donors (Lipinski definition) is 0. The number of para-hydroxylation sites is 2. The maximum atomic E-state index is 6.57. The Morgan fingerprint density at radius 3 is 1.52 bits per heavy atom. The van der Waals surface area contributed by atoms with Crippen molar-refractivity contribution in [1.82, 2.24) is 0 Å². The van der Waals surface area contributed by atoms with Crippen LogP contribution < -0.4 is 4.90 Å². The first-order valence-electron chi connectivity index (χ1n) is 21.5. The highest BCUT2D eigenvalue weighted by Crippen LogP contribution is 2.47. The predicted octanol–water partition coefficient (Wildman–Crippen LogP) is 18.0. The van der Waals surface area contributed by atoms with Gasteiger partial charge in [-0.3, -0.25) is 0 Å². The first kappa shape index (κ1) is 35.7. The number of hydrogen-bond acceptors (Lipinski definition) is 3. The van der Waals surface area contributed by atoms with Gasteiger partial charge in [0.25, 0.3) is 0 Å². The van der Waals surface area contributed by atoms with Gasteiger partial charge in [-0.2, -0.15) is 0 Å². The highest BCUT2D eigenvalue weighted by atomic mass is 32.1. The highest BCUT2D eigenvalue weighted by Gasteiger charge is 2.21. The van der Waals surface area contributed by atoms with Gasteiger partial charge in [0.15, 0.2) is 0 Å². The fourth-order valence-electron chi connectivity index (χ4n) is 10.1. The smallest absolute Gasteiger partial charge is 0.137 e. The molecule has 2 aromatic heterocycles. The second-order valence-corrected chi connectivity index (χ2v) is 17.4. The first-order chi connectivity index (χ1) is 31.3. The molecular formula is C60H37NOS. The van der Waals surface area contributed by atoms with Crippen LogP contribution in [0.1, 0.15) is 0 Å². The van der Waals surface area contributed by atoms with E-state index >= 15 is 0 Å². The van der Waals surface area contributed by atoms with Gasteiger partial charge in [0.05, 0.1) is 5.69 Å². The molecule has 13 rings (SSSR count). The Labute approximate surface area is 367 Å². The molecule has 0 bridgehead atoms. The van der Waals surface area contributed by atoms with E-state index in [1.807, 2.05) is 17.4 Å². The lowest BCUT2D eigenvalue weighted by Gasteiger charge is -2.28. The van der Waals surface area contributed by atoms with E-state index in [0.717, 1.165) is 50.1 Å². The summed E-state index contributed by atoms with van der Waals surface area (Å²) >= 11 is 1.87. The van der Waals surface area contributed by atoms with Crippen molar-refractivity contribution in [3.63, 3.8) is 0 Å². The van der Waals surface area contributed by atoms with Crippen LogP contribution in [0.25, 0.3) is 107 Å². The minimum atomic E-state index is 0.858. The maximum absolute atomic E-state index is 6.57. The molecule has 2 nitrogen and oxygen atoms in total. The van der Waals surface area contributed by atoms with E-state index in [4.69, 9.17) is 4.42 Å². The number of rotatable bonds is 4. The zero-order valence-corrected chi connectivity index (χ0v) is 34.9. The fraction of sp³-hybridized carbons (Fsp3) is 0. The summed E-state index contributed by atoms with van der Waals surface area (Å²) in [7, 11) is 0. The zero-order chi connectivity index (χ0) is 41.4. The average Bonchev–Trinajstić information content (AvgIpc) is 3.92. The topological polar surface area (TPSA) is 16.4 Å². The summed E-state index contributed by atoms with van der Waals surface area (Å²) in [6.45, 7) is 0. The van der Waals surface area contributed by atoms with E-state index in [2.05, 4.69) is 223 Å². The third-order valence-corrected chi connectivity index (χ3v) is 14.0. The molecule has 0 fully saturated rings. The predicted molar refractivity (Wildman–Crippen MR) is 272 cm³/mol. The van der Waals surface area contributed by atoms with Gasteiger partial charge < -0.3 is 9.32 Å². The van der Waals surface area contributed by atoms with Crippen LogP contribution in [0.15, 0.2) is 229 Å². The molecule has 11 aromatic carbocycles. The summed E-state index contributed by atoms with van der Waals surface area (Å²) in [5.41, 5.74) is 7.20. The van der Waals surface area contributed by atoms with Crippen molar-refractivity contribution in [3.8, 4) is 11.1 Å². The van der Waals surface area contributed by atoms with Crippen LogP contribution >= 0.6 is 11.3 Å². The number of furan rings is 1. The number of thiophene rings is 1. The number of anilines is 3. The van der Waals surface area contributed by atoms with E-state index < -0.39 is 0 Å². The lowest BCUT2D eigenvalue weighted by Crippen LogP contribution is -2.11. The molecule has 0 aliphatic carbocycles. The van der Waals surface area contributed by atoms with Crippen molar-refractivity contribution < 1.29 is 4.42 Å². The van der Waals surface area contributed by atoms with E-state index in [1.54, 1.807) is 0 Å². The van der Waals surface area contributed by atoms with E-state index in [9.17, 15) is 0 Å². The molecule has 0 radical (unpaired) electrons. The standard InChI is InChI=1S/C60H37NOS/c1-2-16-38(17-3-1)41-18-10-13-27-54(41)61(40-31-33-49-48-24-11-14-28-55(48)62-56(49)37-40)39-30-32-47-45-22-7-5-20-43(45)42-19-4-6-21-44(42)46-23-8-9-25-50(46)59-51(53(47)36-39)34-35-58-60(59)52-26-12-15-29-57(52)63-58/h1-37H. The van der Waals surface area contributed by atoms with Crippen LogP contribution in [0.2, 0.25) is 0 Å². The van der Waals surface area contributed by atoms with Crippen molar-refractivity contribution in [2.45, 2.75) is 0 Å². The van der Waals surface area contributed by atoms with Gasteiger partial charge in [0.2, 0.25) is 0 Å². The summed E-state index contributed by atoms with van der Waals surface area (Å²) in [6, 6.07) is 82.1. The highest BCUT2D eigenvalue weighted by molar-refractivity contribution is 7.26. The maximum Gasteiger partial charge on any atom is 0.137 e. The lowest BCUT2D eigenvalue weighted by molar-refractivity contribution is 0.669. The number of fused-ring (bicyclic) bond motifs is 17. The SMILES string of the molecule is c1ccc(-c2ccccc2N(c2ccc3c(c2)oc2ccccc23)c2ccc3c4ccccc4c4ccccc4c4ccccc4c4c(ccc5sc6ccccc6c54)c3c2)cc1.